The van der Waals surface area contributed by atoms with Crippen LogP contribution >= 0.6 is 0 Å². The van der Waals surface area contributed by atoms with E-state index in [0.717, 1.165) is 5.92 Å². The summed E-state index contributed by atoms with van der Waals surface area (Å²) in [6.07, 6.45) is 5.55. The number of nitrogens with zero attached hydrogens (tertiary/aromatic N) is 1. The van der Waals surface area contributed by atoms with Crippen molar-refractivity contribution in [2.45, 2.75) is 51.6 Å². The molecular weight excluding hydrogens is 244 g/mol. The van der Waals surface area contributed by atoms with Gasteiger partial charge < -0.3 is 10.2 Å². The van der Waals surface area contributed by atoms with E-state index in [1.165, 1.54) is 56.4 Å². The fourth-order valence-electron chi connectivity index (χ4n) is 3.42. The van der Waals surface area contributed by atoms with Crippen LogP contribution in [0.2, 0.25) is 0 Å². The minimum Gasteiger partial charge on any atom is -0.306 e. The molecule has 1 heterocycles. The van der Waals surface area contributed by atoms with Crippen molar-refractivity contribution in [3.63, 3.8) is 0 Å². The molecule has 1 N–H and O–H groups in total. The van der Waals surface area contributed by atoms with E-state index in [4.69, 9.17) is 0 Å². The average Bonchev–Trinajstić information content (AvgIpc) is 3.16. The van der Waals surface area contributed by atoms with Gasteiger partial charge >= 0.3 is 0 Å². The van der Waals surface area contributed by atoms with Crippen molar-refractivity contribution < 1.29 is 0 Å². The van der Waals surface area contributed by atoms with Gasteiger partial charge in [0.1, 0.15) is 0 Å². The maximum atomic E-state index is 3.90. The highest BCUT2D eigenvalue weighted by Gasteiger charge is 2.33. The number of rotatable bonds is 6. The maximum Gasteiger partial charge on any atom is 0.0351 e. The Hall–Kier alpha value is -0.860. The average molecular weight is 272 g/mol. The summed E-state index contributed by atoms with van der Waals surface area (Å²) in [5.74, 6) is 0.860. The van der Waals surface area contributed by atoms with Crippen LogP contribution in [0.3, 0.4) is 0 Å². The lowest BCUT2D eigenvalue weighted by Crippen LogP contribution is -2.40. The highest BCUT2D eigenvalue weighted by molar-refractivity contribution is 5.25. The fourth-order valence-corrected chi connectivity index (χ4v) is 3.42. The number of likely N-dealkylation sites (tertiary alicyclic amines) is 1. The summed E-state index contributed by atoms with van der Waals surface area (Å²) in [6.45, 7) is 8.31. The minimum absolute atomic E-state index is 0.563. The Labute approximate surface area is 123 Å². The van der Waals surface area contributed by atoms with Crippen LogP contribution in [0.1, 0.15) is 49.8 Å². The molecule has 1 saturated heterocycles. The first-order chi connectivity index (χ1) is 9.72. The predicted octanol–water partition coefficient (Wildman–Crippen LogP) is 3.52. The number of hydrogen-bond donors (Lipinski definition) is 1. The van der Waals surface area contributed by atoms with Gasteiger partial charge in [0.05, 0.1) is 0 Å². The molecule has 0 aromatic heterocycles. The summed E-state index contributed by atoms with van der Waals surface area (Å²) >= 11 is 0. The van der Waals surface area contributed by atoms with Crippen LogP contribution in [-0.2, 0) is 0 Å². The molecule has 1 aromatic rings. The highest BCUT2D eigenvalue weighted by Crippen LogP contribution is 2.41. The molecule has 1 aromatic carbocycles. The van der Waals surface area contributed by atoms with Gasteiger partial charge in [-0.3, -0.25) is 0 Å². The molecule has 20 heavy (non-hydrogen) atoms. The first-order valence-electron chi connectivity index (χ1n) is 8.27. The van der Waals surface area contributed by atoms with Crippen molar-refractivity contribution in [2.75, 3.05) is 19.6 Å². The Balaban J connectivity index is 1.60. The largest absolute Gasteiger partial charge is 0.306 e. The smallest absolute Gasteiger partial charge is 0.0351 e. The molecule has 1 aliphatic heterocycles. The summed E-state index contributed by atoms with van der Waals surface area (Å²) in [7, 11) is 0. The van der Waals surface area contributed by atoms with Crippen molar-refractivity contribution in [2.24, 2.45) is 5.92 Å². The zero-order valence-corrected chi connectivity index (χ0v) is 12.9. The van der Waals surface area contributed by atoms with E-state index >= 15 is 0 Å². The molecule has 110 valence electrons. The van der Waals surface area contributed by atoms with E-state index in [9.17, 15) is 0 Å². The Morgan fingerprint density at radius 3 is 2.40 bits per heavy atom. The lowest BCUT2D eigenvalue weighted by Gasteiger charge is -2.27. The van der Waals surface area contributed by atoms with Crippen LogP contribution in [0, 0.1) is 12.8 Å². The topological polar surface area (TPSA) is 15.3 Å². The second-order valence-electron chi connectivity index (χ2n) is 6.80. The van der Waals surface area contributed by atoms with Crippen LogP contribution in [0.15, 0.2) is 24.3 Å². The number of aryl methyl sites for hydroxylation is 1. The third-order valence-electron chi connectivity index (χ3n) is 4.72. The van der Waals surface area contributed by atoms with Crippen LogP contribution in [0.25, 0.3) is 0 Å². The standard InChI is InChI=1S/C18H28N2/c1-14-5-7-16(8-6-14)18(17-9-10-17)19-15(2)13-20-11-3-4-12-20/h5-8,15,17-19H,3-4,9-13H2,1-2H3. The van der Waals surface area contributed by atoms with Crippen LogP contribution in [0.4, 0.5) is 0 Å². The molecule has 0 radical (unpaired) electrons. The first kappa shape index (κ1) is 14.1. The Kier molecular flexibility index (Phi) is 4.42. The van der Waals surface area contributed by atoms with Crippen LogP contribution in [-0.4, -0.2) is 30.6 Å². The molecule has 0 bridgehead atoms. The second kappa shape index (κ2) is 6.28. The van der Waals surface area contributed by atoms with E-state index < -0.39 is 0 Å². The Bertz CT molecular complexity index is 416. The van der Waals surface area contributed by atoms with Crippen molar-refractivity contribution in [3.8, 4) is 0 Å². The third-order valence-corrected chi connectivity index (χ3v) is 4.72. The normalized spacial score (nSPS) is 22.9. The van der Waals surface area contributed by atoms with Gasteiger partial charge in [-0.1, -0.05) is 29.8 Å². The summed E-state index contributed by atoms with van der Waals surface area (Å²) in [5.41, 5.74) is 2.83. The molecule has 2 fully saturated rings. The fraction of sp³-hybridized carbons (Fsp3) is 0.667. The minimum atomic E-state index is 0.563. The monoisotopic (exact) mass is 272 g/mol. The summed E-state index contributed by atoms with van der Waals surface area (Å²) in [6, 6.07) is 10.3. The molecular formula is C18H28N2. The van der Waals surface area contributed by atoms with Crippen molar-refractivity contribution in [1.29, 1.82) is 0 Å². The summed E-state index contributed by atoms with van der Waals surface area (Å²) in [4.78, 5) is 2.61. The van der Waals surface area contributed by atoms with Crippen LogP contribution < -0.4 is 5.32 Å². The third kappa shape index (κ3) is 3.62. The van der Waals surface area contributed by atoms with Gasteiger partial charge in [0.15, 0.2) is 0 Å². The molecule has 1 saturated carbocycles. The lowest BCUT2D eigenvalue weighted by molar-refractivity contribution is 0.280. The Morgan fingerprint density at radius 1 is 1.15 bits per heavy atom. The van der Waals surface area contributed by atoms with Gasteiger partial charge in [0, 0.05) is 18.6 Å². The molecule has 2 aliphatic rings. The number of benzene rings is 1. The molecule has 2 atom stereocenters. The van der Waals surface area contributed by atoms with Gasteiger partial charge in [0.2, 0.25) is 0 Å². The molecule has 2 unspecified atom stereocenters. The van der Waals surface area contributed by atoms with Gasteiger partial charge in [-0.2, -0.15) is 0 Å². The maximum absolute atomic E-state index is 3.90. The number of hydrogen-bond acceptors (Lipinski definition) is 2. The predicted molar refractivity (Wildman–Crippen MR) is 84.9 cm³/mol. The zero-order valence-electron chi connectivity index (χ0n) is 12.9. The summed E-state index contributed by atoms with van der Waals surface area (Å²) < 4.78 is 0. The quantitative estimate of drug-likeness (QED) is 0.852. The summed E-state index contributed by atoms with van der Waals surface area (Å²) in [5, 5.41) is 3.90. The van der Waals surface area contributed by atoms with Crippen LogP contribution in [0.5, 0.6) is 0 Å². The SMILES string of the molecule is Cc1ccc(C(NC(C)CN2CCCC2)C2CC2)cc1. The molecule has 2 heteroatoms. The molecule has 0 spiro atoms. The molecule has 3 rings (SSSR count). The van der Waals surface area contributed by atoms with Gasteiger partial charge in [-0.25, -0.2) is 0 Å². The van der Waals surface area contributed by atoms with Crippen molar-refractivity contribution >= 4 is 0 Å². The van der Waals surface area contributed by atoms with Gasteiger partial charge in [-0.05, 0) is 64.1 Å². The van der Waals surface area contributed by atoms with E-state index in [1.54, 1.807) is 0 Å². The van der Waals surface area contributed by atoms with Crippen molar-refractivity contribution in [3.05, 3.63) is 35.4 Å². The molecule has 0 amide bonds. The highest BCUT2D eigenvalue weighted by atomic mass is 15.2. The van der Waals surface area contributed by atoms with Gasteiger partial charge in [-0.15, -0.1) is 0 Å². The van der Waals surface area contributed by atoms with E-state index in [0.29, 0.717) is 12.1 Å². The second-order valence-corrected chi connectivity index (χ2v) is 6.80. The van der Waals surface area contributed by atoms with E-state index in [2.05, 4.69) is 48.3 Å². The van der Waals surface area contributed by atoms with E-state index in [-0.39, 0.29) is 0 Å². The zero-order chi connectivity index (χ0) is 13.9. The van der Waals surface area contributed by atoms with Gasteiger partial charge in [0.25, 0.3) is 0 Å². The first-order valence-corrected chi connectivity index (χ1v) is 8.27. The number of nitrogens with one attached hydrogen (secondary N) is 1. The Morgan fingerprint density at radius 2 is 1.80 bits per heavy atom. The molecule has 1 aliphatic carbocycles. The molecule has 2 nitrogen and oxygen atoms in total. The van der Waals surface area contributed by atoms with Crippen molar-refractivity contribution in [1.82, 2.24) is 10.2 Å². The lowest BCUT2D eigenvalue weighted by atomic mass is 10.00. The van der Waals surface area contributed by atoms with E-state index in [1.807, 2.05) is 0 Å².